The van der Waals surface area contributed by atoms with E-state index in [1.165, 1.54) is 4.90 Å². The molecule has 0 saturated carbocycles. The first-order chi connectivity index (χ1) is 11.0. The Morgan fingerprint density at radius 1 is 1.29 bits per heavy atom. The molecule has 1 aliphatic heterocycles. The maximum atomic E-state index is 12.4. The Morgan fingerprint density at radius 2 is 1.92 bits per heavy atom. The normalized spacial score (nSPS) is 19.4. The van der Waals surface area contributed by atoms with Crippen LogP contribution < -0.4 is 5.32 Å². The van der Waals surface area contributed by atoms with E-state index in [2.05, 4.69) is 5.32 Å². The van der Waals surface area contributed by atoms with E-state index < -0.39 is 29.7 Å². The summed E-state index contributed by atoms with van der Waals surface area (Å²) < 4.78 is 5.34. The number of carboxylic acids is 1. The highest BCUT2D eigenvalue weighted by Gasteiger charge is 2.36. The molecule has 2 N–H and O–H groups in total. The van der Waals surface area contributed by atoms with Crippen LogP contribution in [0.2, 0.25) is 0 Å². The Morgan fingerprint density at radius 3 is 2.42 bits per heavy atom. The van der Waals surface area contributed by atoms with Crippen LogP contribution in [0.3, 0.4) is 0 Å². The molecule has 1 heterocycles. The summed E-state index contributed by atoms with van der Waals surface area (Å²) in [6, 6.07) is -1.30. The Labute approximate surface area is 143 Å². The molecule has 7 heteroatoms. The molecule has 0 aromatic rings. The minimum Gasteiger partial charge on any atom is -0.480 e. The molecule has 0 spiro atoms. The number of ether oxygens (including phenoxy) is 1. The number of carboxylic acid groups (broad SMARTS) is 1. The number of nitrogens with one attached hydrogen (secondary N) is 1. The van der Waals surface area contributed by atoms with Crippen LogP contribution in [0.1, 0.15) is 53.9 Å². The van der Waals surface area contributed by atoms with Crippen LogP contribution in [0.25, 0.3) is 0 Å². The van der Waals surface area contributed by atoms with Gasteiger partial charge in [0.1, 0.15) is 11.6 Å². The number of ketones is 1. The van der Waals surface area contributed by atoms with Crippen molar-refractivity contribution in [1.82, 2.24) is 10.2 Å². The monoisotopic (exact) mass is 342 g/mol. The molecule has 7 nitrogen and oxygen atoms in total. The second kappa shape index (κ2) is 8.46. The third-order valence-electron chi connectivity index (χ3n) is 3.78. The van der Waals surface area contributed by atoms with E-state index in [9.17, 15) is 19.5 Å². The van der Waals surface area contributed by atoms with Crippen molar-refractivity contribution in [3.8, 4) is 0 Å². The standard InChI is InChI=1S/C17H30N2O5/c1-11(2)9-12(15(21)22)18-10-14(20)13-7-6-8-19(13)16(23)24-17(3,4)5/h11-13,18H,6-10H2,1-5H3,(H,21,22)/t12?,13-/m0/s1. The minimum atomic E-state index is -0.966. The van der Waals surface area contributed by atoms with Gasteiger partial charge in [-0.05, 0) is 46.0 Å². The van der Waals surface area contributed by atoms with Gasteiger partial charge in [-0.25, -0.2) is 4.79 Å². The summed E-state index contributed by atoms with van der Waals surface area (Å²) in [6.45, 7) is 9.63. The maximum absolute atomic E-state index is 12.4. The van der Waals surface area contributed by atoms with Crippen molar-refractivity contribution in [2.45, 2.75) is 71.6 Å². The van der Waals surface area contributed by atoms with E-state index >= 15 is 0 Å². The molecule has 138 valence electrons. The quantitative estimate of drug-likeness (QED) is 0.735. The molecule has 0 aromatic carbocycles. The van der Waals surface area contributed by atoms with E-state index in [-0.39, 0.29) is 18.2 Å². The number of likely N-dealkylation sites (tertiary alicyclic amines) is 1. The van der Waals surface area contributed by atoms with Gasteiger partial charge in [-0.3, -0.25) is 19.8 Å². The highest BCUT2D eigenvalue weighted by Crippen LogP contribution is 2.21. The second-order valence-electron chi connectivity index (χ2n) is 7.70. The van der Waals surface area contributed by atoms with Crippen LogP contribution in [-0.2, 0) is 14.3 Å². The lowest BCUT2D eigenvalue weighted by atomic mass is 10.0. The molecule has 0 aromatic heterocycles. The fourth-order valence-corrected chi connectivity index (χ4v) is 2.73. The number of carbonyl (C=O) groups excluding carboxylic acids is 2. The number of carbonyl (C=O) groups is 3. The summed E-state index contributed by atoms with van der Waals surface area (Å²) in [5.74, 6) is -0.932. The summed E-state index contributed by atoms with van der Waals surface area (Å²) in [5.41, 5.74) is -0.614. The molecule has 1 saturated heterocycles. The number of hydrogen-bond donors (Lipinski definition) is 2. The zero-order valence-corrected chi connectivity index (χ0v) is 15.3. The van der Waals surface area contributed by atoms with Gasteiger partial charge in [-0.1, -0.05) is 13.8 Å². The van der Waals surface area contributed by atoms with Gasteiger partial charge in [0.15, 0.2) is 5.78 Å². The largest absolute Gasteiger partial charge is 0.480 e. The summed E-state index contributed by atoms with van der Waals surface area (Å²) in [4.78, 5) is 37.3. The molecule has 0 radical (unpaired) electrons. The highest BCUT2D eigenvalue weighted by atomic mass is 16.6. The second-order valence-corrected chi connectivity index (χ2v) is 7.70. The highest BCUT2D eigenvalue weighted by molar-refractivity contribution is 5.90. The predicted octanol–water partition coefficient (Wildman–Crippen LogP) is 2.04. The van der Waals surface area contributed by atoms with Crippen molar-refractivity contribution in [3.05, 3.63) is 0 Å². The SMILES string of the molecule is CC(C)CC(NCC(=O)[C@@H]1CCCN1C(=O)OC(C)(C)C)C(=O)O. The van der Waals surface area contributed by atoms with Gasteiger partial charge in [-0.15, -0.1) is 0 Å². The lowest BCUT2D eigenvalue weighted by Crippen LogP contribution is -2.48. The van der Waals surface area contributed by atoms with E-state index in [0.29, 0.717) is 19.4 Å². The fraction of sp³-hybridized carbons (Fsp3) is 0.824. The molecule has 0 bridgehead atoms. The summed E-state index contributed by atoms with van der Waals surface area (Å²) in [6.07, 6.45) is 1.28. The van der Waals surface area contributed by atoms with E-state index in [1.54, 1.807) is 20.8 Å². The average molecular weight is 342 g/mol. The Bertz CT molecular complexity index is 470. The van der Waals surface area contributed by atoms with Crippen LogP contribution >= 0.6 is 0 Å². The average Bonchev–Trinajstić information content (AvgIpc) is 2.90. The lowest BCUT2D eigenvalue weighted by molar-refractivity contribution is -0.140. The predicted molar refractivity (Wildman–Crippen MR) is 89.9 cm³/mol. The molecule has 24 heavy (non-hydrogen) atoms. The number of aliphatic carboxylic acids is 1. The number of amides is 1. The Kier molecular flexibility index (Phi) is 7.20. The van der Waals surface area contributed by atoms with E-state index in [0.717, 1.165) is 6.42 Å². The molecular weight excluding hydrogens is 312 g/mol. The topological polar surface area (TPSA) is 95.9 Å². The number of nitrogens with zero attached hydrogens (tertiary/aromatic N) is 1. The number of hydrogen-bond acceptors (Lipinski definition) is 5. The first-order valence-electron chi connectivity index (χ1n) is 8.49. The molecule has 1 rings (SSSR count). The molecule has 1 amide bonds. The van der Waals surface area contributed by atoms with Crippen LogP contribution in [0, 0.1) is 5.92 Å². The van der Waals surface area contributed by atoms with Crippen molar-refractivity contribution in [3.63, 3.8) is 0 Å². The zero-order chi connectivity index (χ0) is 18.5. The molecular formula is C17H30N2O5. The van der Waals surface area contributed by atoms with Crippen LogP contribution in [0.15, 0.2) is 0 Å². The van der Waals surface area contributed by atoms with Gasteiger partial charge in [0.05, 0.1) is 12.6 Å². The lowest BCUT2D eigenvalue weighted by Gasteiger charge is -2.28. The first-order valence-corrected chi connectivity index (χ1v) is 8.49. The van der Waals surface area contributed by atoms with Crippen molar-refractivity contribution >= 4 is 17.8 Å². The van der Waals surface area contributed by atoms with Gasteiger partial charge in [-0.2, -0.15) is 0 Å². The first kappa shape index (κ1) is 20.4. The van der Waals surface area contributed by atoms with E-state index in [1.807, 2.05) is 13.8 Å². The van der Waals surface area contributed by atoms with Crippen LogP contribution in [-0.4, -0.2) is 58.6 Å². The van der Waals surface area contributed by atoms with Crippen LogP contribution in [0.5, 0.6) is 0 Å². The third kappa shape index (κ3) is 6.47. The third-order valence-corrected chi connectivity index (χ3v) is 3.78. The fourth-order valence-electron chi connectivity index (χ4n) is 2.73. The van der Waals surface area contributed by atoms with E-state index in [4.69, 9.17) is 4.74 Å². The zero-order valence-electron chi connectivity index (χ0n) is 15.3. The Hall–Kier alpha value is -1.63. The molecule has 1 fully saturated rings. The molecule has 2 atom stereocenters. The van der Waals surface area contributed by atoms with Crippen molar-refractivity contribution < 1.29 is 24.2 Å². The van der Waals surface area contributed by atoms with Gasteiger partial charge < -0.3 is 9.84 Å². The molecule has 1 aliphatic rings. The number of Topliss-reactive ketones (excluding diaryl/α,β-unsaturated/α-hetero) is 1. The van der Waals surface area contributed by atoms with Crippen molar-refractivity contribution in [1.29, 1.82) is 0 Å². The molecule has 0 aliphatic carbocycles. The van der Waals surface area contributed by atoms with Gasteiger partial charge in [0.25, 0.3) is 0 Å². The summed E-state index contributed by atoms with van der Waals surface area (Å²) >= 11 is 0. The van der Waals surface area contributed by atoms with Gasteiger partial charge in [0.2, 0.25) is 0 Å². The van der Waals surface area contributed by atoms with Crippen molar-refractivity contribution in [2.24, 2.45) is 5.92 Å². The minimum absolute atomic E-state index is 0.0619. The maximum Gasteiger partial charge on any atom is 0.410 e. The number of rotatable bonds is 7. The molecule has 1 unspecified atom stereocenters. The Balaban J connectivity index is 2.62. The smallest absolute Gasteiger partial charge is 0.410 e. The van der Waals surface area contributed by atoms with Gasteiger partial charge in [0, 0.05) is 6.54 Å². The summed E-state index contributed by atoms with van der Waals surface area (Å²) in [5, 5.41) is 12.0. The van der Waals surface area contributed by atoms with Crippen molar-refractivity contribution in [2.75, 3.05) is 13.1 Å². The van der Waals surface area contributed by atoms with Crippen LogP contribution in [0.4, 0.5) is 4.79 Å². The van der Waals surface area contributed by atoms with Gasteiger partial charge >= 0.3 is 12.1 Å². The summed E-state index contributed by atoms with van der Waals surface area (Å²) in [7, 11) is 0.